The molecule has 0 bridgehead atoms. The van der Waals surface area contributed by atoms with Crippen molar-refractivity contribution in [3.63, 3.8) is 0 Å². The number of aromatic nitrogens is 3. The molecule has 1 aliphatic rings. The van der Waals surface area contributed by atoms with Crippen LogP contribution in [0.1, 0.15) is 36.4 Å². The molecule has 3 rings (SSSR count). The predicted molar refractivity (Wildman–Crippen MR) is 76.2 cm³/mol. The van der Waals surface area contributed by atoms with E-state index in [1.54, 1.807) is 23.1 Å². The molecule has 2 heterocycles. The van der Waals surface area contributed by atoms with E-state index < -0.39 is 0 Å². The molecule has 0 amide bonds. The van der Waals surface area contributed by atoms with Gasteiger partial charge in [0, 0.05) is 17.1 Å². The van der Waals surface area contributed by atoms with E-state index >= 15 is 0 Å². The Balaban J connectivity index is 1.52. The fourth-order valence-corrected chi connectivity index (χ4v) is 4.08. The maximum atomic E-state index is 4.55. The minimum atomic E-state index is 0.870. The Morgan fingerprint density at radius 3 is 3.06 bits per heavy atom. The summed E-state index contributed by atoms with van der Waals surface area (Å²) in [5.74, 6) is 3.04. The van der Waals surface area contributed by atoms with Gasteiger partial charge in [-0.3, -0.25) is 5.10 Å². The second-order valence-corrected chi connectivity index (χ2v) is 6.80. The van der Waals surface area contributed by atoms with E-state index in [9.17, 15) is 0 Å². The van der Waals surface area contributed by atoms with Gasteiger partial charge in [0.05, 0.1) is 0 Å². The fraction of sp³-hybridized carbons (Fsp3) is 0.538. The van der Waals surface area contributed by atoms with Crippen molar-refractivity contribution in [3.05, 3.63) is 28.2 Å². The number of hydrogen-bond acceptors (Lipinski definition) is 4. The second-order valence-electron chi connectivity index (χ2n) is 4.78. The molecule has 1 saturated carbocycles. The highest BCUT2D eigenvalue weighted by Crippen LogP contribution is 2.29. The number of nitrogens with one attached hydrogen (secondary N) is 1. The molecule has 96 valence electrons. The molecule has 0 saturated heterocycles. The quantitative estimate of drug-likeness (QED) is 0.848. The standard InChI is InChI=1S/C13H17N3S2/c1-2-5-10(4-1)9-18-13-14-12(15-16-13)8-11-6-3-7-17-11/h3,6-7,10H,1-2,4-5,8-9H2,(H,14,15,16). The third-order valence-electron chi connectivity index (χ3n) is 3.36. The number of aromatic amines is 1. The molecule has 2 aromatic rings. The molecule has 1 aliphatic carbocycles. The van der Waals surface area contributed by atoms with Gasteiger partial charge in [-0.15, -0.1) is 16.4 Å². The number of hydrogen-bond donors (Lipinski definition) is 1. The van der Waals surface area contributed by atoms with Crippen LogP contribution < -0.4 is 0 Å². The van der Waals surface area contributed by atoms with Crippen LogP contribution in [0.4, 0.5) is 0 Å². The van der Waals surface area contributed by atoms with Crippen LogP contribution in [-0.2, 0) is 6.42 Å². The number of thiophene rings is 1. The molecule has 1 N–H and O–H groups in total. The lowest BCUT2D eigenvalue weighted by Gasteiger charge is -2.04. The normalized spacial score (nSPS) is 16.4. The summed E-state index contributed by atoms with van der Waals surface area (Å²) in [6.45, 7) is 0. The van der Waals surface area contributed by atoms with Crippen molar-refractivity contribution >= 4 is 23.1 Å². The zero-order valence-corrected chi connectivity index (χ0v) is 11.9. The molecule has 2 aromatic heterocycles. The molecule has 1 fully saturated rings. The molecule has 18 heavy (non-hydrogen) atoms. The summed E-state index contributed by atoms with van der Waals surface area (Å²) in [4.78, 5) is 5.88. The van der Waals surface area contributed by atoms with E-state index in [2.05, 4.69) is 32.7 Å². The summed E-state index contributed by atoms with van der Waals surface area (Å²) < 4.78 is 0. The van der Waals surface area contributed by atoms with Gasteiger partial charge in [0.15, 0.2) is 0 Å². The van der Waals surface area contributed by atoms with Gasteiger partial charge in [-0.1, -0.05) is 30.7 Å². The number of rotatable bonds is 5. The second kappa shape index (κ2) is 5.89. The Morgan fingerprint density at radius 1 is 1.39 bits per heavy atom. The molecule has 3 nitrogen and oxygen atoms in total. The third kappa shape index (κ3) is 3.14. The molecule has 0 spiro atoms. The molecule has 0 aromatic carbocycles. The van der Waals surface area contributed by atoms with E-state index in [0.717, 1.165) is 23.3 Å². The zero-order chi connectivity index (χ0) is 12.2. The van der Waals surface area contributed by atoms with Crippen LogP contribution in [0.15, 0.2) is 22.7 Å². The van der Waals surface area contributed by atoms with Gasteiger partial charge in [-0.25, -0.2) is 4.98 Å². The van der Waals surface area contributed by atoms with Crippen LogP contribution in [0, 0.1) is 5.92 Å². The molecule has 0 atom stereocenters. The molecule has 0 aliphatic heterocycles. The summed E-state index contributed by atoms with van der Waals surface area (Å²) in [5.41, 5.74) is 0. The first-order valence-electron chi connectivity index (χ1n) is 6.46. The number of thioether (sulfide) groups is 1. The first-order chi connectivity index (χ1) is 8.90. The SMILES string of the molecule is c1csc(Cc2nc(SCC3CCCC3)n[nH]2)c1. The van der Waals surface area contributed by atoms with Crippen molar-refractivity contribution in [2.75, 3.05) is 5.75 Å². The Labute approximate surface area is 115 Å². The maximum Gasteiger partial charge on any atom is 0.208 e. The minimum Gasteiger partial charge on any atom is -0.262 e. The predicted octanol–water partition coefficient (Wildman–Crippen LogP) is 3.74. The monoisotopic (exact) mass is 279 g/mol. The topological polar surface area (TPSA) is 41.6 Å². The highest BCUT2D eigenvalue weighted by atomic mass is 32.2. The van der Waals surface area contributed by atoms with Gasteiger partial charge < -0.3 is 0 Å². The van der Waals surface area contributed by atoms with Gasteiger partial charge in [-0.05, 0) is 30.2 Å². The van der Waals surface area contributed by atoms with Gasteiger partial charge in [0.1, 0.15) is 5.82 Å². The maximum absolute atomic E-state index is 4.55. The first-order valence-corrected chi connectivity index (χ1v) is 8.33. The van der Waals surface area contributed by atoms with Crippen LogP contribution in [0.3, 0.4) is 0 Å². The summed E-state index contributed by atoms with van der Waals surface area (Å²) in [6.07, 6.45) is 6.46. The van der Waals surface area contributed by atoms with Crippen molar-refractivity contribution in [1.82, 2.24) is 15.2 Å². The average molecular weight is 279 g/mol. The van der Waals surface area contributed by atoms with E-state index in [1.807, 2.05) is 0 Å². The van der Waals surface area contributed by atoms with Crippen molar-refractivity contribution in [3.8, 4) is 0 Å². The summed E-state index contributed by atoms with van der Waals surface area (Å²) in [6, 6.07) is 4.21. The van der Waals surface area contributed by atoms with E-state index in [-0.39, 0.29) is 0 Å². The van der Waals surface area contributed by atoms with Crippen LogP contribution in [0.25, 0.3) is 0 Å². The smallest absolute Gasteiger partial charge is 0.208 e. The molecular formula is C13H17N3S2. The van der Waals surface area contributed by atoms with Crippen LogP contribution in [-0.4, -0.2) is 20.9 Å². The number of nitrogens with zero attached hydrogens (tertiary/aromatic N) is 2. The summed E-state index contributed by atoms with van der Waals surface area (Å²) in [7, 11) is 0. The highest BCUT2D eigenvalue weighted by molar-refractivity contribution is 7.99. The minimum absolute atomic E-state index is 0.870. The zero-order valence-electron chi connectivity index (χ0n) is 10.3. The van der Waals surface area contributed by atoms with E-state index in [1.165, 1.54) is 36.3 Å². The highest BCUT2D eigenvalue weighted by Gasteiger charge is 2.16. The van der Waals surface area contributed by atoms with Crippen molar-refractivity contribution < 1.29 is 0 Å². The van der Waals surface area contributed by atoms with Gasteiger partial charge in [-0.2, -0.15) is 0 Å². The van der Waals surface area contributed by atoms with Crippen molar-refractivity contribution in [1.29, 1.82) is 0 Å². The Hall–Kier alpha value is -0.810. The third-order valence-corrected chi connectivity index (χ3v) is 5.31. The van der Waals surface area contributed by atoms with E-state index in [0.29, 0.717) is 0 Å². The lowest BCUT2D eigenvalue weighted by Crippen LogP contribution is -1.96. The molecule has 0 radical (unpaired) electrons. The largest absolute Gasteiger partial charge is 0.262 e. The number of H-pyrrole nitrogens is 1. The van der Waals surface area contributed by atoms with E-state index in [4.69, 9.17) is 0 Å². The van der Waals surface area contributed by atoms with Gasteiger partial charge in [0.25, 0.3) is 0 Å². The van der Waals surface area contributed by atoms with Crippen LogP contribution >= 0.6 is 23.1 Å². The van der Waals surface area contributed by atoms with Crippen molar-refractivity contribution in [2.24, 2.45) is 5.92 Å². The van der Waals surface area contributed by atoms with Crippen molar-refractivity contribution in [2.45, 2.75) is 37.3 Å². The summed E-state index contributed by atoms with van der Waals surface area (Å²) in [5, 5.41) is 10.3. The Bertz CT molecular complexity index is 472. The molecule has 0 unspecified atom stereocenters. The Morgan fingerprint density at radius 2 is 2.28 bits per heavy atom. The first kappa shape index (κ1) is 12.2. The van der Waals surface area contributed by atoms with Crippen LogP contribution in [0.5, 0.6) is 0 Å². The Kier molecular flexibility index (Phi) is 4.00. The van der Waals surface area contributed by atoms with Gasteiger partial charge in [0.2, 0.25) is 5.16 Å². The lowest BCUT2D eigenvalue weighted by atomic mass is 10.1. The van der Waals surface area contributed by atoms with Gasteiger partial charge >= 0.3 is 0 Å². The molecule has 5 heteroatoms. The lowest BCUT2D eigenvalue weighted by molar-refractivity contribution is 0.622. The average Bonchev–Trinajstić information content (AvgIpc) is 3.09. The van der Waals surface area contributed by atoms with Crippen LogP contribution in [0.2, 0.25) is 0 Å². The fourth-order valence-electron chi connectivity index (χ4n) is 2.37. The summed E-state index contributed by atoms with van der Waals surface area (Å²) >= 11 is 3.57. The molecular weight excluding hydrogens is 262 g/mol.